The fourth-order valence-corrected chi connectivity index (χ4v) is 3.54. The van der Waals surface area contributed by atoms with Crippen LogP contribution >= 0.6 is 0 Å². The van der Waals surface area contributed by atoms with E-state index in [2.05, 4.69) is 17.4 Å². The monoisotopic (exact) mass is 383 g/mol. The van der Waals surface area contributed by atoms with E-state index < -0.39 is 0 Å². The molecule has 0 spiro atoms. The van der Waals surface area contributed by atoms with Crippen LogP contribution in [0.2, 0.25) is 0 Å². The van der Waals surface area contributed by atoms with Gasteiger partial charge in [0.25, 0.3) is 5.91 Å². The van der Waals surface area contributed by atoms with Crippen molar-refractivity contribution in [3.05, 3.63) is 95.6 Å². The number of anilines is 1. The predicted molar refractivity (Wildman–Crippen MR) is 112 cm³/mol. The largest absolute Gasteiger partial charge is 0.479 e. The van der Waals surface area contributed by atoms with Gasteiger partial charge >= 0.3 is 0 Å². The summed E-state index contributed by atoms with van der Waals surface area (Å²) in [5.41, 5.74) is 3.68. The van der Waals surface area contributed by atoms with Crippen LogP contribution < -0.4 is 10.1 Å². The Kier molecular flexibility index (Phi) is 5.44. The molecule has 1 N–H and O–H groups in total. The van der Waals surface area contributed by atoms with E-state index in [1.807, 2.05) is 77.7 Å². The lowest BCUT2D eigenvalue weighted by molar-refractivity contribution is 0.0685. The molecule has 29 heavy (non-hydrogen) atoms. The van der Waals surface area contributed by atoms with E-state index in [1.54, 1.807) is 0 Å². The highest BCUT2D eigenvalue weighted by molar-refractivity contribution is 6.01. The van der Waals surface area contributed by atoms with Crippen LogP contribution in [0.15, 0.2) is 78.9 Å². The molecule has 0 unspecified atom stereocenters. The lowest BCUT2D eigenvalue weighted by Crippen LogP contribution is -2.43. The number of para-hydroxylation sites is 1. The van der Waals surface area contributed by atoms with Gasteiger partial charge in [0.1, 0.15) is 18.0 Å². The molecule has 0 saturated carbocycles. The van der Waals surface area contributed by atoms with Gasteiger partial charge in [0.05, 0.1) is 5.56 Å². The topological polar surface area (TPSA) is 65.4 Å². The van der Waals surface area contributed by atoms with Crippen molar-refractivity contribution < 1.29 is 9.53 Å². The number of nitriles is 1. The summed E-state index contributed by atoms with van der Waals surface area (Å²) in [4.78, 5) is 15.1. The first-order valence-corrected chi connectivity index (χ1v) is 9.56. The summed E-state index contributed by atoms with van der Waals surface area (Å²) in [6, 6.07) is 27.2. The summed E-state index contributed by atoms with van der Waals surface area (Å²) in [5, 5.41) is 12.2. The number of nitrogens with one attached hydrogen (secondary N) is 1. The van der Waals surface area contributed by atoms with Crippen LogP contribution in [0.1, 0.15) is 27.7 Å². The van der Waals surface area contributed by atoms with E-state index in [4.69, 9.17) is 10.00 Å². The minimum Gasteiger partial charge on any atom is -0.479 e. The maximum Gasteiger partial charge on any atom is 0.257 e. The minimum absolute atomic E-state index is 0.0100. The molecule has 1 aliphatic rings. The molecule has 5 heteroatoms. The first-order valence-electron chi connectivity index (χ1n) is 9.56. The summed E-state index contributed by atoms with van der Waals surface area (Å²) in [7, 11) is 0. The Morgan fingerprint density at radius 1 is 0.966 bits per heavy atom. The van der Waals surface area contributed by atoms with E-state index in [0.717, 1.165) is 17.7 Å². The fourth-order valence-electron chi connectivity index (χ4n) is 3.54. The van der Waals surface area contributed by atoms with Crippen molar-refractivity contribution in [3.8, 4) is 11.8 Å². The number of carbonyl (C=O) groups excluding carboxylic acids is 1. The third-order valence-corrected chi connectivity index (χ3v) is 5.01. The SMILES string of the molecule is N#CCOc1ccc([C@H]2Nc3ccccc3C(=O)N2CCc2ccccc2)cc1. The number of carbonyl (C=O) groups is 1. The van der Waals surface area contributed by atoms with Gasteiger partial charge in [-0.3, -0.25) is 4.79 Å². The van der Waals surface area contributed by atoms with Gasteiger partial charge in [0, 0.05) is 12.2 Å². The molecule has 0 aliphatic carbocycles. The van der Waals surface area contributed by atoms with Gasteiger partial charge in [0.2, 0.25) is 0 Å². The van der Waals surface area contributed by atoms with Gasteiger partial charge in [-0.1, -0.05) is 54.6 Å². The Balaban J connectivity index is 1.61. The van der Waals surface area contributed by atoms with Crippen LogP contribution in [-0.2, 0) is 6.42 Å². The third-order valence-electron chi connectivity index (χ3n) is 5.01. The average Bonchev–Trinajstić information content (AvgIpc) is 2.78. The molecule has 5 nitrogen and oxygen atoms in total. The summed E-state index contributed by atoms with van der Waals surface area (Å²) < 4.78 is 5.34. The van der Waals surface area contributed by atoms with Crippen LogP contribution in [-0.4, -0.2) is 24.0 Å². The van der Waals surface area contributed by atoms with Gasteiger partial charge in [0.15, 0.2) is 6.61 Å². The summed E-state index contributed by atoms with van der Waals surface area (Å²) in [6.07, 6.45) is 0.502. The molecular formula is C24H21N3O2. The van der Waals surface area contributed by atoms with Crippen molar-refractivity contribution >= 4 is 11.6 Å². The van der Waals surface area contributed by atoms with Crippen molar-refractivity contribution in [1.82, 2.24) is 4.90 Å². The van der Waals surface area contributed by atoms with Gasteiger partial charge in [-0.15, -0.1) is 0 Å². The van der Waals surface area contributed by atoms with Gasteiger partial charge in [-0.05, 0) is 41.8 Å². The molecule has 0 fully saturated rings. The number of hydrogen-bond acceptors (Lipinski definition) is 4. The van der Waals surface area contributed by atoms with Crippen LogP contribution in [0, 0.1) is 11.3 Å². The van der Waals surface area contributed by atoms with Crippen molar-refractivity contribution in [2.24, 2.45) is 0 Å². The Morgan fingerprint density at radius 2 is 1.69 bits per heavy atom. The molecule has 1 atom stereocenters. The van der Waals surface area contributed by atoms with E-state index in [1.165, 1.54) is 5.56 Å². The van der Waals surface area contributed by atoms with Crippen molar-refractivity contribution in [1.29, 1.82) is 5.26 Å². The molecular weight excluding hydrogens is 362 g/mol. The standard InChI is InChI=1S/C24H21N3O2/c25-15-17-29-20-12-10-19(11-13-20)23-26-22-9-5-4-8-21(22)24(28)27(23)16-14-18-6-2-1-3-7-18/h1-13,23,26H,14,16-17H2/t23-/m0/s1. The maximum atomic E-state index is 13.3. The maximum absolute atomic E-state index is 13.3. The van der Waals surface area contributed by atoms with E-state index in [-0.39, 0.29) is 18.7 Å². The van der Waals surface area contributed by atoms with Crippen LogP contribution in [0.3, 0.4) is 0 Å². The average molecular weight is 383 g/mol. The molecule has 4 rings (SSSR count). The van der Waals surface area contributed by atoms with E-state index >= 15 is 0 Å². The second kappa shape index (κ2) is 8.49. The second-order valence-corrected chi connectivity index (χ2v) is 6.84. The highest BCUT2D eigenvalue weighted by Gasteiger charge is 2.32. The minimum atomic E-state index is -0.272. The van der Waals surface area contributed by atoms with Crippen LogP contribution in [0.4, 0.5) is 5.69 Å². The number of fused-ring (bicyclic) bond motifs is 1. The highest BCUT2D eigenvalue weighted by Crippen LogP contribution is 2.33. The summed E-state index contributed by atoms with van der Waals surface area (Å²) >= 11 is 0. The number of nitrogens with zero attached hydrogens (tertiary/aromatic N) is 2. The lowest BCUT2D eigenvalue weighted by Gasteiger charge is -2.38. The second-order valence-electron chi connectivity index (χ2n) is 6.84. The molecule has 3 aromatic rings. The molecule has 1 aliphatic heterocycles. The zero-order valence-electron chi connectivity index (χ0n) is 15.9. The van der Waals surface area contributed by atoms with E-state index in [0.29, 0.717) is 17.9 Å². The zero-order valence-corrected chi connectivity index (χ0v) is 15.9. The normalized spacial score (nSPS) is 15.2. The first kappa shape index (κ1) is 18.6. The van der Waals surface area contributed by atoms with Crippen molar-refractivity contribution in [3.63, 3.8) is 0 Å². The zero-order chi connectivity index (χ0) is 20.1. The quantitative estimate of drug-likeness (QED) is 0.685. The van der Waals surface area contributed by atoms with E-state index in [9.17, 15) is 4.79 Å². The van der Waals surface area contributed by atoms with Gasteiger partial charge in [-0.2, -0.15) is 5.26 Å². The molecule has 0 bridgehead atoms. The Morgan fingerprint density at radius 3 is 2.45 bits per heavy atom. The third kappa shape index (κ3) is 4.07. The number of amides is 1. The van der Waals surface area contributed by atoms with Crippen LogP contribution in [0.5, 0.6) is 5.75 Å². The molecule has 0 saturated heterocycles. The highest BCUT2D eigenvalue weighted by atomic mass is 16.5. The summed E-state index contributed by atoms with van der Waals surface area (Å²) in [5.74, 6) is 0.652. The van der Waals surface area contributed by atoms with Crippen LogP contribution in [0.25, 0.3) is 0 Å². The molecule has 1 heterocycles. The Hall–Kier alpha value is -3.78. The van der Waals surface area contributed by atoms with Gasteiger partial charge < -0.3 is 15.0 Å². The molecule has 0 radical (unpaired) electrons. The Labute approximate surface area is 170 Å². The van der Waals surface area contributed by atoms with Gasteiger partial charge in [-0.25, -0.2) is 0 Å². The lowest BCUT2D eigenvalue weighted by atomic mass is 10.0. The van der Waals surface area contributed by atoms with Crippen molar-refractivity contribution in [2.75, 3.05) is 18.5 Å². The smallest absolute Gasteiger partial charge is 0.257 e. The molecule has 3 aromatic carbocycles. The fraction of sp³-hybridized carbons (Fsp3) is 0.167. The Bertz CT molecular complexity index is 1030. The van der Waals surface area contributed by atoms with Crippen molar-refractivity contribution in [2.45, 2.75) is 12.6 Å². The number of ether oxygens (including phenoxy) is 1. The number of rotatable bonds is 6. The molecule has 1 amide bonds. The predicted octanol–water partition coefficient (Wildman–Crippen LogP) is 4.40. The molecule has 144 valence electrons. The summed E-state index contributed by atoms with van der Waals surface area (Å²) in [6.45, 7) is 0.609. The number of benzene rings is 3. The first-order chi connectivity index (χ1) is 14.3. The number of hydrogen-bond donors (Lipinski definition) is 1. The molecule has 0 aromatic heterocycles.